The average Bonchev–Trinajstić information content (AvgIpc) is 3.38. The van der Waals surface area contributed by atoms with Crippen LogP contribution < -0.4 is 11.1 Å². The van der Waals surface area contributed by atoms with Gasteiger partial charge in [0.2, 0.25) is 5.91 Å². The van der Waals surface area contributed by atoms with Crippen LogP contribution in [0.5, 0.6) is 0 Å². The molecule has 190 valence electrons. The van der Waals surface area contributed by atoms with E-state index in [0.29, 0.717) is 12.2 Å². The highest BCUT2D eigenvalue weighted by molar-refractivity contribution is 7.08. The number of aromatic nitrogens is 2. The number of nitrogens with zero attached hydrogens (tertiary/aromatic N) is 3. The molecule has 4 rings (SSSR count). The fourth-order valence-electron chi connectivity index (χ4n) is 4.71. The molecule has 1 fully saturated rings. The number of nitrogens with one attached hydrogen (secondary N) is 1. The molecule has 0 atom stereocenters. The van der Waals surface area contributed by atoms with Crippen molar-refractivity contribution in [2.45, 2.75) is 57.5 Å². The van der Waals surface area contributed by atoms with Crippen LogP contribution in [0.1, 0.15) is 51.5 Å². The molecule has 36 heavy (non-hydrogen) atoms. The fourth-order valence-corrected chi connectivity index (χ4v) is 5.37. The number of hydrogen-bond donors (Lipinski definition) is 3. The Balaban J connectivity index is 1.47. The molecule has 0 bridgehead atoms. The summed E-state index contributed by atoms with van der Waals surface area (Å²) in [5.74, 6) is 0.555. The molecule has 1 aliphatic carbocycles. The van der Waals surface area contributed by atoms with Crippen molar-refractivity contribution >= 4 is 29.2 Å². The highest BCUT2D eigenvalue weighted by Crippen LogP contribution is 2.34. The van der Waals surface area contributed by atoms with Crippen LogP contribution in [-0.2, 0) is 10.3 Å². The lowest BCUT2D eigenvalue weighted by Gasteiger charge is -2.32. The van der Waals surface area contributed by atoms with Gasteiger partial charge in [0.1, 0.15) is 5.69 Å². The van der Waals surface area contributed by atoms with E-state index in [1.54, 1.807) is 18.4 Å². The van der Waals surface area contributed by atoms with Crippen molar-refractivity contribution in [3.63, 3.8) is 0 Å². The monoisotopic (exact) mass is 507 g/mol. The lowest BCUT2D eigenvalue weighted by atomic mass is 9.83. The van der Waals surface area contributed by atoms with Crippen LogP contribution >= 0.6 is 11.3 Å². The molecule has 3 aromatic rings. The molecule has 2 aromatic heterocycles. The number of anilines is 1. The predicted octanol–water partition coefficient (Wildman–Crippen LogP) is 5.56. The van der Waals surface area contributed by atoms with Crippen molar-refractivity contribution in [3.8, 4) is 22.4 Å². The quantitative estimate of drug-likeness (QED) is 0.385. The van der Waals surface area contributed by atoms with Crippen LogP contribution in [0.2, 0.25) is 0 Å². The summed E-state index contributed by atoms with van der Waals surface area (Å²) in [5.41, 5.74) is 10.4. The minimum atomic E-state index is -0.904. The van der Waals surface area contributed by atoms with Crippen molar-refractivity contribution in [1.82, 2.24) is 15.1 Å². The zero-order chi connectivity index (χ0) is 25.9. The number of nitrogens with two attached hydrogens (primary N) is 1. The van der Waals surface area contributed by atoms with E-state index in [2.05, 4.69) is 20.9 Å². The molecule has 0 radical (unpaired) electrons. The Hall–Kier alpha value is -3.30. The Morgan fingerprint density at radius 1 is 1.11 bits per heavy atom. The standard InChI is InChI=1S/C27H33N5O3S/c1-27(2,28)20-8-6-18(7-9-20)25-22(19-12-13-36-16-19)15-23(30-31-25)29-24(33)14-17-4-10-21(11-5-17)32(3)26(34)35/h6-9,12-13,15-17,21H,4-5,10-11,14,28H2,1-3H3,(H,34,35)(H,29,30,33). The summed E-state index contributed by atoms with van der Waals surface area (Å²) in [4.78, 5) is 25.4. The molecule has 0 spiro atoms. The van der Waals surface area contributed by atoms with Crippen LogP contribution in [0.3, 0.4) is 0 Å². The third-order valence-corrected chi connectivity index (χ3v) is 7.62. The first-order chi connectivity index (χ1) is 17.1. The zero-order valence-electron chi connectivity index (χ0n) is 20.9. The minimum Gasteiger partial charge on any atom is -0.465 e. The third-order valence-electron chi connectivity index (χ3n) is 6.94. The normalized spacial score (nSPS) is 18.0. The Bertz CT molecular complexity index is 1200. The summed E-state index contributed by atoms with van der Waals surface area (Å²) < 4.78 is 0. The molecule has 2 amide bonds. The second-order valence-electron chi connectivity index (χ2n) is 10.1. The fraction of sp³-hybridized carbons (Fsp3) is 0.407. The van der Waals surface area contributed by atoms with E-state index in [1.165, 1.54) is 4.90 Å². The van der Waals surface area contributed by atoms with Crippen molar-refractivity contribution < 1.29 is 14.7 Å². The second-order valence-corrected chi connectivity index (χ2v) is 10.9. The van der Waals surface area contributed by atoms with Crippen LogP contribution in [0, 0.1) is 5.92 Å². The molecule has 0 aliphatic heterocycles. The lowest BCUT2D eigenvalue weighted by Crippen LogP contribution is -2.38. The van der Waals surface area contributed by atoms with E-state index >= 15 is 0 Å². The molecule has 2 heterocycles. The van der Waals surface area contributed by atoms with E-state index in [4.69, 9.17) is 5.73 Å². The van der Waals surface area contributed by atoms with Crippen LogP contribution in [-0.4, -0.2) is 45.3 Å². The molecule has 4 N–H and O–H groups in total. The summed E-state index contributed by atoms with van der Waals surface area (Å²) >= 11 is 1.60. The highest BCUT2D eigenvalue weighted by atomic mass is 32.1. The molecule has 8 nitrogen and oxygen atoms in total. The molecule has 1 aromatic carbocycles. The average molecular weight is 508 g/mol. The van der Waals surface area contributed by atoms with Gasteiger partial charge in [-0.15, -0.1) is 10.2 Å². The number of amides is 2. The largest absolute Gasteiger partial charge is 0.465 e. The van der Waals surface area contributed by atoms with Gasteiger partial charge in [-0.2, -0.15) is 11.3 Å². The smallest absolute Gasteiger partial charge is 0.407 e. The maximum Gasteiger partial charge on any atom is 0.407 e. The Labute approximate surface area is 215 Å². The van der Waals surface area contributed by atoms with Crippen molar-refractivity contribution in [3.05, 3.63) is 52.7 Å². The van der Waals surface area contributed by atoms with Crippen LogP contribution in [0.15, 0.2) is 47.2 Å². The molecule has 0 saturated heterocycles. The molecule has 9 heteroatoms. The molecule has 1 saturated carbocycles. The van der Waals surface area contributed by atoms with Gasteiger partial charge < -0.3 is 21.1 Å². The molecular weight excluding hydrogens is 474 g/mol. The van der Waals surface area contributed by atoms with E-state index < -0.39 is 11.6 Å². The topological polar surface area (TPSA) is 121 Å². The molecule has 0 unspecified atom stereocenters. The van der Waals surface area contributed by atoms with Crippen LogP contribution in [0.4, 0.5) is 10.6 Å². The first kappa shape index (κ1) is 25.8. The Morgan fingerprint density at radius 2 is 1.81 bits per heavy atom. The Kier molecular flexibility index (Phi) is 7.70. The number of thiophene rings is 1. The number of carbonyl (C=O) groups is 2. The van der Waals surface area contributed by atoms with E-state index in [-0.39, 0.29) is 17.9 Å². The Morgan fingerprint density at radius 3 is 2.39 bits per heavy atom. The van der Waals surface area contributed by atoms with Crippen molar-refractivity contribution in [2.24, 2.45) is 11.7 Å². The molecule has 1 aliphatic rings. The summed E-state index contributed by atoms with van der Waals surface area (Å²) in [6.45, 7) is 3.94. The van der Waals surface area contributed by atoms with Crippen molar-refractivity contribution in [1.29, 1.82) is 0 Å². The summed E-state index contributed by atoms with van der Waals surface area (Å²) in [6.07, 6.45) is 2.69. The van der Waals surface area contributed by atoms with Gasteiger partial charge in [-0.3, -0.25) is 4.79 Å². The van der Waals surface area contributed by atoms with Crippen LogP contribution in [0.25, 0.3) is 22.4 Å². The molecular formula is C27H33N5O3S. The second kappa shape index (κ2) is 10.8. The van der Waals surface area contributed by atoms with Gasteiger partial charge in [-0.25, -0.2) is 4.79 Å². The van der Waals surface area contributed by atoms with Crippen molar-refractivity contribution in [2.75, 3.05) is 12.4 Å². The first-order valence-corrected chi connectivity index (χ1v) is 13.1. The van der Waals surface area contributed by atoms with Gasteiger partial charge in [0, 0.05) is 36.2 Å². The van der Waals surface area contributed by atoms with E-state index in [9.17, 15) is 14.7 Å². The number of benzene rings is 1. The summed E-state index contributed by atoms with van der Waals surface area (Å²) in [6, 6.07) is 11.9. The van der Waals surface area contributed by atoms with Gasteiger partial charge in [0.05, 0.1) is 0 Å². The number of carboxylic acid groups (broad SMARTS) is 1. The van der Waals surface area contributed by atoms with E-state index in [0.717, 1.165) is 53.6 Å². The predicted molar refractivity (Wildman–Crippen MR) is 143 cm³/mol. The SMILES string of the molecule is CN(C(=O)O)C1CCC(CC(=O)Nc2cc(-c3ccsc3)c(-c3ccc(C(C)(C)N)cc3)nn2)CC1. The number of carbonyl (C=O) groups excluding carboxylic acids is 1. The minimum absolute atomic E-state index is 0.0263. The zero-order valence-corrected chi connectivity index (χ0v) is 21.7. The highest BCUT2D eigenvalue weighted by Gasteiger charge is 2.27. The first-order valence-electron chi connectivity index (χ1n) is 12.2. The van der Waals surface area contributed by atoms with Gasteiger partial charge in [-0.1, -0.05) is 24.3 Å². The van der Waals surface area contributed by atoms with E-state index in [1.807, 2.05) is 55.6 Å². The van der Waals surface area contributed by atoms with Gasteiger partial charge >= 0.3 is 6.09 Å². The third kappa shape index (κ3) is 6.09. The summed E-state index contributed by atoms with van der Waals surface area (Å²) in [7, 11) is 1.61. The lowest BCUT2D eigenvalue weighted by molar-refractivity contribution is -0.117. The summed E-state index contributed by atoms with van der Waals surface area (Å²) in [5, 5.41) is 25.0. The van der Waals surface area contributed by atoms with Gasteiger partial charge in [-0.05, 0) is 79.5 Å². The van der Waals surface area contributed by atoms with Gasteiger partial charge in [0.15, 0.2) is 5.82 Å². The number of rotatable bonds is 7. The number of hydrogen-bond acceptors (Lipinski definition) is 6. The van der Waals surface area contributed by atoms with Gasteiger partial charge in [0.25, 0.3) is 0 Å². The maximum atomic E-state index is 12.8. The maximum absolute atomic E-state index is 12.8.